The molecule has 0 fully saturated rings. The summed E-state index contributed by atoms with van der Waals surface area (Å²) in [6.45, 7) is 0. The van der Waals surface area contributed by atoms with Gasteiger partial charge in [0.2, 0.25) is 5.95 Å². The number of hydrogen-bond acceptors (Lipinski definition) is 6. The first kappa shape index (κ1) is 15.0. The molecule has 0 atom stereocenters. The predicted molar refractivity (Wildman–Crippen MR) is 69.4 cm³/mol. The van der Waals surface area contributed by atoms with Gasteiger partial charge in [-0.15, -0.1) is 0 Å². The number of halogens is 3. The maximum atomic E-state index is 12.4. The molecule has 0 aliphatic heterocycles. The van der Waals surface area contributed by atoms with E-state index in [1.54, 1.807) is 0 Å². The number of alkyl halides is 3. The Kier molecular flexibility index (Phi) is 3.73. The lowest BCUT2D eigenvalue weighted by atomic mass is 10.3. The normalized spacial score (nSPS) is 12.1. The van der Waals surface area contributed by atoms with Crippen LogP contribution >= 0.6 is 0 Å². The Balaban J connectivity index is 2.24. The third kappa shape index (κ3) is 3.21. The van der Waals surface area contributed by atoms with Crippen LogP contribution in [0.1, 0.15) is 0 Å². The molecule has 112 valence electrons. The average molecular weight is 318 g/mol. The van der Waals surface area contributed by atoms with Crippen molar-refractivity contribution in [2.24, 2.45) is 0 Å². The largest absolute Gasteiger partial charge is 0.501 e. The molecule has 0 spiro atoms. The molecule has 0 saturated carbocycles. The Morgan fingerprint density at radius 2 is 1.71 bits per heavy atom. The number of anilines is 3. The third-order valence-corrected chi connectivity index (χ3v) is 3.90. The van der Waals surface area contributed by atoms with E-state index in [0.717, 1.165) is 12.1 Å². The van der Waals surface area contributed by atoms with E-state index in [4.69, 9.17) is 5.73 Å². The van der Waals surface area contributed by atoms with Crippen LogP contribution < -0.4 is 11.1 Å². The highest BCUT2D eigenvalue weighted by molar-refractivity contribution is 7.92. The number of aromatic nitrogens is 2. The first-order valence-corrected chi connectivity index (χ1v) is 6.95. The molecular weight excluding hydrogens is 309 g/mol. The molecule has 21 heavy (non-hydrogen) atoms. The minimum absolute atomic E-state index is 0.140. The second-order valence-electron chi connectivity index (χ2n) is 3.90. The Bertz CT molecular complexity index is 745. The van der Waals surface area contributed by atoms with Gasteiger partial charge in [-0.2, -0.15) is 18.2 Å². The fraction of sp³-hybridized carbons (Fsp3) is 0.0909. The van der Waals surface area contributed by atoms with Crippen LogP contribution in [0.5, 0.6) is 0 Å². The summed E-state index contributed by atoms with van der Waals surface area (Å²) in [4.78, 5) is 6.84. The monoisotopic (exact) mass is 318 g/mol. The van der Waals surface area contributed by atoms with Gasteiger partial charge in [0.15, 0.2) is 0 Å². The molecule has 0 aliphatic rings. The van der Waals surface area contributed by atoms with Crippen LogP contribution in [0.4, 0.5) is 30.6 Å². The van der Waals surface area contributed by atoms with Gasteiger partial charge in [-0.25, -0.2) is 13.4 Å². The quantitative estimate of drug-likeness (QED) is 0.899. The van der Waals surface area contributed by atoms with E-state index in [1.165, 1.54) is 24.4 Å². The molecule has 6 nitrogen and oxygen atoms in total. The summed E-state index contributed by atoms with van der Waals surface area (Å²) in [5.41, 5.74) is 0.433. The van der Waals surface area contributed by atoms with Crippen molar-refractivity contribution in [3.05, 3.63) is 36.5 Å². The zero-order chi connectivity index (χ0) is 15.7. The highest BCUT2D eigenvalue weighted by Gasteiger charge is 2.46. The number of benzene rings is 1. The van der Waals surface area contributed by atoms with E-state index in [2.05, 4.69) is 15.3 Å². The van der Waals surface area contributed by atoms with Crippen molar-refractivity contribution in [1.29, 1.82) is 0 Å². The molecule has 1 heterocycles. The fourth-order valence-electron chi connectivity index (χ4n) is 1.41. The predicted octanol–water partition coefficient (Wildman–Crippen LogP) is 2.10. The van der Waals surface area contributed by atoms with Crippen LogP contribution in [0.25, 0.3) is 0 Å². The first-order valence-electron chi connectivity index (χ1n) is 5.47. The summed E-state index contributed by atoms with van der Waals surface area (Å²) in [7, 11) is -5.35. The van der Waals surface area contributed by atoms with Crippen molar-refractivity contribution in [3.8, 4) is 0 Å². The van der Waals surface area contributed by atoms with Gasteiger partial charge < -0.3 is 11.1 Å². The Morgan fingerprint density at radius 3 is 2.24 bits per heavy atom. The summed E-state index contributed by atoms with van der Waals surface area (Å²) in [5.74, 6) is 0.352. The first-order chi connectivity index (χ1) is 9.70. The van der Waals surface area contributed by atoms with E-state index in [-0.39, 0.29) is 11.8 Å². The maximum Gasteiger partial charge on any atom is 0.501 e. The van der Waals surface area contributed by atoms with E-state index >= 15 is 0 Å². The van der Waals surface area contributed by atoms with Crippen LogP contribution in [0.15, 0.2) is 41.4 Å². The van der Waals surface area contributed by atoms with E-state index in [0.29, 0.717) is 5.69 Å². The number of nitrogens with one attached hydrogen (secondary N) is 1. The summed E-state index contributed by atoms with van der Waals surface area (Å²) < 4.78 is 59.5. The Hall–Kier alpha value is -2.36. The molecule has 0 bridgehead atoms. The standard InChI is InChI=1S/C11H9F3N4O2S/c12-11(13,14)21(19,20)8-3-1-7(2-4-8)17-10-16-6-5-9(15)18-10/h1-6H,(H3,15,16,17,18). The summed E-state index contributed by atoms with van der Waals surface area (Å²) in [5, 5.41) is 2.68. The zero-order valence-electron chi connectivity index (χ0n) is 10.3. The lowest BCUT2D eigenvalue weighted by Gasteiger charge is -2.09. The van der Waals surface area contributed by atoms with Crippen LogP contribution in [0.3, 0.4) is 0 Å². The van der Waals surface area contributed by atoms with Crippen LogP contribution in [0, 0.1) is 0 Å². The number of rotatable bonds is 3. The molecule has 0 radical (unpaired) electrons. The minimum atomic E-state index is -5.35. The average Bonchev–Trinajstić information content (AvgIpc) is 2.38. The van der Waals surface area contributed by atoms with Gasteiger partial charge in [-0.3, -0.25) is 0 Å². The maximum absolute atomic E-state index is 12.4. The van der Waals surface area contributed by atoms with Gasteiger partial charge in [0.25, 0.3) is 9.84 Å². The Morgan fingerprint density at radius 1 is 1.10 bits per heavy atom. The zero-order valence-corrected chi connectivity index (χ0v) is 11.1. The molecule has 0 amide bonds. The van der Waals surface area contributed by atoms with Crippen LogP contribution in [-0.2, 0) is 9.84 Å². The van der Waals surface area contributed by atoms with Crippen LogP contribution in [0.2, 0.25) is 0 Å². The summed E-state index contributed by atoms with van der Waals surface area (Å²) >= 11 is 0. The van der Waals surface area contributed by atoms with Crippen molar-refractivity contribution >= 4 is 27.3 Å². The van der Waals surface area contributed by atoms with E-state index in [9.17, 15) is 21.6 Å². The Labute approximate surface area is 117 Å². The highest BCUT2D eigenvalue weighted by Crippen LogP contribution is 2.30. The van der Waals surface area contributed by atoms with Crippen molar-refractivity contribution in [3.63, 3.8) is 0 Å². The fourth-order valence-corrected chi connectivity index (χ4v) is 2.17. The van der Waals surface area contributed by atoms with Gasteiger partial charge in [0.1, 0.15) is 5.82 Å². The van der Waals surface area contributed by atoms with E-state index in [1.807, 2.05) is 0 Å². The molecule has 2 rings (SSSR count). The molecule has 0 unspecified atom stereocenters. The molecule has 3 N–H and O–H groups in total. The lowest BCUT2D eigenvalue weighted by Crippen LogP contribution is -2.23. The van der Waals surface area contributed by atoms with Crippen molar-refractivity contribution in [2.45, 2.75) is 10.4 Å². The second kappa shape index (κ2) is 5.20. The van der Waals surface area contributed by atoms with Crippen molar-refractivity contribution in [2.75, 3.05) is 11.1 Å². The van der Waals surface area contributed by atoms with Gasteiger partial charge in [-0.05, 0) is 30.3 Å². The van der Waals surface area contributed by atoms with Gasteiger partial charge in [0, 0.05) is 11.9 Å². The molecule has 1 aromatic heterocycles. The SMILES string of the molecule is Nc1ccnc(Nc2ccc(S(=O)(=O)C(F)(F)F)cc2)n1. The molecule has 1 aromatic carbocycles. The van der Waals surface area contributed by atoms with Crippen LogP contribution in [-0.4, -0.2) is 23.9 Å². The number of sulfone groups is 1. The topological polar surface area (TPSA) is 98.0 Å². The van der Waals surface area contributed by atoms with Crippen molar-refractivity contribution in [1.82, 2.24) is 9.97 Å². The molecule has 10 heteroatoms. The van der Waals surface area contributed by atoms with Crippen molar-refractivity contribution < 1.29 is 21.6 Å². The number of nitrogens with zero attached hydrogens (tertiary/aromatic N) is 2. The number of nitrogen functional groups attached to an aromatic ring is 1. The summed E-state index contributed by atoms with van der Waals surface area (Å²) in [6.07, 6.45) is 1.40. The van der Waals surface area contributed by atoms with Gasteiger partial charge in [-0.1, -0.05) is 0 Å². The van der Waals surface area contributed by atoms with Gasteiger partial charge in [0.05, 0.1) is 4.90 Å². The highest BCUT2D eigenvalue weighted by atomic mass is 32.2. The second-order valence-corrected chi connectivity index (χ2v) is 5.84. The molecule has 2 aromatic rings. The molecular formula is C11H9F3N4O2S. The summed E-state index contributed by atoms with van der Waals surface area (Å²) in [6, 6.07) is 5.50. The number of hydrogen-bond donors (Lipinski definition) is 2. The van der Waals surface area contributed by atoms with E-state index < -0.39 is 20.2 Å². The lowest BCUT2D eigenvalue weighted by molar-refractivity contribution is -0.0436. The van der Waals surface area contributed by atoms with Gasteiger partial charge >= 0.3 is 5.51 Å². The molecule has 0 saturated heterocycles. The third-order valence-electron chi connectivity index (χ3n) is 2.40. The minimum Gasteiger partial charge on any atom is -0.384 e. The number of nitrogens with two attached hydrogens (primary N) is 1. The molecule has 0 aliphatic carbocycles. The smallest absolute Gasteiger partial charge is 0.384 e.